The van der Waals surface area contributed by atoms with Crippen LogP contribution >= 0.6 is 0 Å². The molecule has 0 bridgehead atoms. The van der Waals surface area contributed by atoms with E-state index in [9.17, 15) is 43.5 Å². The van der Waals surface area contributed by atoms with Gasteiger partial charge in [-0.15, -0.1) is 0 Å². The number of nitrogens with zero attached hydrogens (tertiary/aromatic N) is 4. The van der Waals surface area contributed by atoms with Crippen LogP contribution < -0.4 is 31.9 Å². The second-order valence-electron chi connectivity index (χ2n) is 18.9. The van der Waals surface area contributed by atoms with Gasteiger partial charge in [-0.2, -0.15) is 0 Å². The number of likely N-dealkylation sites (tertiary alicyclic amines) is 1. The third-order valence-electron chi connectivity index (χ3n) is 11.6. The molecule has 1 aromatic carbocycles. The van der Waals surface area contributed by atoms with E-state index in [4.69, 9.17) is 4.74 Å². The van der Waals surface area contributed by atoms with E-state index in [0.29, 0.717) is 24.8 Å². The predicted octanol–water partition coefficient (Wildman–Crippen LogP) is 1.75. The third-order valence-corrected chi connectivity index (χ3v) is 11.6. The molecule has 1 aliphatic carbocycles. The number of aliphatic hydroxyl groups excluding tert-OH is 1. The van der Waals surface area contributed by atoms with E-state index in [-0.39, 0.29) is 43.5 Å². The molecule has 2 aromatic rings. The molecule has 8 amide bonds. The van der Waals surface area contributed by atoms with Crippen molar-refractivity contribution in [2.75, 3.05) is 33.7 Å². The third kappa shape index (κ3) is 16.3. The number of carbonyl (C=O) groups is 8. The van der Waals surface area contributed by atoms with E-state index >= 15 is 0 Å². The summed E-state index contributed by atoms with van der Waals surface area (Å²) in [4.78, 5) is 119. The van der Waals surface area contributed by atoms with Crippen molar-refractivity contribution in [2.24, 2.45) is 17.8 Å². The average Bonchev–Trinajstić information content (AvgIpc) is 3.72. The van der Waals surface area contributed by atoms with Gasteiger partial charge in [-0.25, -0.2) is 9.78 Å². The first-order valence-corrected chi connectivity index (χ1v) is 23.2. The Hall–Kier alpha value is -6.18. The number of benzene rings is 1. The number of ether oxygens (including phenoxy) is 1. The normalized spacial score (nSPS) is 18.6. The zero-order valence-electron chi connectivity index (χ0n) is 40.0. The molecule has 7 atom stereocenters. The van der Waals surface area contributed by atoms with Gasteiger partial charge in [-0.3, -0.25) is 38.5 Å². The van der Waals surface area contributed by atoms with Crippen molar-refractivity contribution >= 4 is 47.4 Å². The largest absolute Gasteiger partial charge is 0.444 e. The van der Waals surface area contributed by atoms with Crippen molar-refractivity contribution in [3.05, 3.63) is 60.2 Å². The first kappa shape index (κ1) is 53.4. The van der Waals surface area contributed by atoms with Crippen molar-refractivity contribution < 1.29 is 48.2 Å². The van der Waals surface area contributed by atoms with Gasteiger partial charge in [-0.1, -0.05) is 76.8 Å². The van der Waals surface area contributed by atoms with Crippen LogP contribution in [0.15, 0.2) is 48.9 Å². The monoisotopic (exact) mass is 935 g/mol. The summed E-state index contributed by atoms with van der Waals surface area (Å²) in [6.45, 7) is 9.70. The number of aliphatic hydroxyl groups is 1. The Bertz CT molecular complexity index is 2010. The smallest absolute Gasteiger partial charge is 0.410 e. The molecule has 2 aliphatic rings. The number of rotatable bonds is 20. The van der Waals surface area contributed by atoms with Crippen LogP contribution in [-0.2, 0) is 33.5 Å². The SMILES string of the molecule is CCC[C@H](NC(=O)[C@@H]1CN(C(=O)OC(C)(C)C)C[C@@H]1NC(=O)[C@H](CC(C)C)NC(=O)[C@@H](NC(=O)c1cnccn1)C1CCCCC1)C(O)C(=O)NCC(=O)N[C@H](C(=O)N(C)C)c1ccccc1. The molecule has 4 rings (SSSR count). The van der Waals surface area contributed by atoms with E-state index in [0.717, 1.165) is 19.3 Å². The van der Waals surface area contributed by atoms with Crippen LogP contribution in [0.3, 0.4) is 0 Å². The summed E-state index contributed by atoms with van der Waals surface area (Å²) < 4.78 is 5.61. The summed E-state index contributed by atoms with van der Waals surface area (Å²) in [6.07, 6.45) is 6.45. The van der Waals surface area contributed by atoms with Crippen molar-refractivity contribution in [1.29, 1.82) is 0 Å². The highest BCUT2D eigenvalue weighted by molar-refractivity contribution is 5.97. The number of carbonyl (C=O) groups excluding carboxylic acids is 8. The lowest BCUT2D eigenvalue weighted by atomic mass is 9.83. The van der Waals surface area contributed by atoms with E-state index in [1.807, 2.05) is 13.8 Å². The first-order valence-electron chi connectivity index (χ1n) is 23.2. The molecule has 2 heterocycles. The summed E-state index contributed by atoms with van der Waals surface area (Å²) in [5.74, 6) is -5.86. The molecule has 2 fully saturated rings. The molecule has 1 saturated heterocycles. The summed E-state index contributed by atoms with van der Waals surface area (Å²) in [6, 6.07) is 3.31. The van der Waals surface area contributed by atoms with E-state index < -0.39 is 102 Å². The van der Waals surface area contributed by atoms with Crippen LogP contribution in [-0.4, -0.2) is 142 Å². The van der Waals surface area contributed by atoms with E-state index in [2.05, 4.69) is 41.9 Å². The Kier molecular flexibility index (Phi) is 20.0. The van der Waals surface area contributed by atoms with E-state index in [1.165, 1.54) is 28.4 Å². The van der Waals surface area contributed by atoms with Crippen LogP contribution in [0.5, 0.6) is 0 Å². The van der Waals surface area contributed by atoms with Gasteiger partial charge in [0.1, 0.15) is 29.4 Å². The van der Waals surface area contributed by atoms with E-state index in [1.54, 1.807) is 72.1 Å². The molecular formula is C47H70N10O10. The van der Waals surface area contributed by atoms with Gasteiger partial charge in [0, 0.05) is 39.6 Å². The first-order chi connectivity index (χ1) is 31.7. The molecule has 7 N–H and O–H groups in total. The Morgan fingerprint density at radius 3 is 2.16 bits per heavy atom. The Morgan fingerprint density at radius 1 is 0.881 bits per heavy atom. The van der Waals surface area contributed by atoms with Crippen LogP contribution in [0, 0.1) is 17.8 Å². The van der Waals surface area contributed by atoms with Gasteiger partial charge in [0.2, 0.25) is 29.5 Å². The molecule has 1 unspecified atom stereocenters. The van der Waals surface area contributed by atoms with Crippen molar-refractivity contribution in [1.82, 2.24) is 51.7 Å². The summed E-state index contributed by atoms with van der Waals surface area (Å²) in [5, 5.41) is 27.6. The van der Waals surface area contributed by atoms with Crippen molar-refractivity contribution in [3.63, 3.8) is 0 Å². The molecule has 20 nitrogen and oxygen atoms in total. The second-order valence-corrected chi connectivity index (χ2v) is 18.9. The molecule has 1 saturated carbocycles. The summed E-state index contributed by atoms with van der Waals surface area (Å²) in [7, 11) is 3.10. The fourth-order valence-corrected chi connectivity index (χ4v) is 8.20. The fourth-order valence-electron chi connectivity index (χ4n) is 8.20. The van der Waals surface area contributed by atoms with Crippen LogP contribution in [0.25, 0.3) is 0 Å². The molecule has 0 radical (unpaired) electrons. The molecule has 368 valence electrons. The molecule has 0 spiro atoms. The van der Waals surface area contributed by atoms with Crippen molar-refractivity contribution in [2.45, 2.75) is 135 Å². The summed E-state index contributed by atoms with van der Waals surface area (Å²) >= 11 is 0. The molecule has 1 aliphatic heterocycles. The molecule has 20 heteroatoms. The van der Waals surface area contributed by atoms with Crippen LogP contribution in [0.2, 0.25) is 0 Å². The Morgan fingerprint density at radius 2 is 1.57 bits per heavy atom. The van der Waals surface area contributed by atoms with Gasteiger partial charge in [-0.05, 0) is 63.9 Å². The number of nitrogens with one attached hydrogen (secondary N) is 6. The fraction of sp³-hybridized carbons (Fsp3) is 0.617. The maximum Gasteiger partial charge on any atom is 0.410 e. The highest BCUT2D eigenvalue weighted by Crippen LogP contribution is 2.28. The van der Waals surface area contributed by atoms with Gasteiger partial charge < -0.3 is 51.5 Å². The topological polar surface area (TPSA) is 270 Å². The van der Waals surface area contributed by atoms with Gasteiger partial charge in [0.15, 0.2) is 6.10 Å². The zero-order valence-corrected chi connectivity index (χ0v) is 40.0. The zero-order chi connectivity index (χ0) is 49.4. The maximum atomic E-state index is 14.3. The number of aromatic nitrogens is 2. The number of hydrogen-bond donors (Lipinski definition) is 7. The second kappa shape index (κ2) is 25.1. The highest BCUT2D eigenvalue weighted by Gasteiger charge is 2.44. The van der Waals surface area contributed by atoms with Crippen LogP contribution in [0.1, 0.15) is 115 Å². The summed E-state index contributed by atoms with van der Waals surface area (Å²) in [5.41, 5.74) is -0.315. The minimum atomic E-state index is -1.82. The maximum absolute atomic E-state index is 14.3. The van der Waals surface area contributed by atoms with Gasteiger partial charge in [0.05, 0.1) is 30.7 Å². The standard InChI is InChI=1S/C47H70N10O10/c1-9-16-32(39(59)44(64)50-25-36(58)54-38(45(65)56(7)8)30-19-14-11-15-20-30)51-40(60)31-26-57(46(66)67-47(4,5)6)27-35(31)53-41(61)33(23-28(2)3)52-43(63)37(29-17-12-10-13-18-29)55-42(62)34-24-48-21-22-49-34/h11,14-15,19-22,24,28-29,31-33,35,37-39,59H,9-10,12-13,16-18,23,25-27H2,1-8H3,(H,50,64)(H,51,60)(H,52,63)(H,53,61)(H,54,58)(H,55,62)/t31-,32+,33+,35+,37+,38+,39?/m1/s1. The lowest BCUT2D eigenvalue weighted by Gasteiger charge is -2.32. The molecule has 67 heavy (non-hydrogen) atoms. The van der Waals surface area contributed by atoms with Gasteiger partial charge >= 0.3 is 6.09 Å². The quantitative estimate of drug-likeness (QED) is 0.100. The van der Waals surface area contributed by atoms with Crippen LogP contribution in [0.4, 0.5) is 4.79 Å². The minimum absolute atomic E-state index is 0.0384. The lowest BCUT2D eigenvalue weighted by molar-refractivity contribution is -0.136. The molecular weight excluding hydrogens is 865 g/mol. The Labute approximate surface area is 392 Å². The lowest BCUT2D eigenvalue weighted by Crippen LogP contribution is -2.59. The highest BCUT2D eigenvalue weighted by atomic mass is 16.6. The number of hydrogen-bond acceptors (Lipinski definition) is 12. The Balaban J connectivity index is 1.50. The predicted molar refractivity (Wildman–Crippen MR) is 246 cm³/mol. The number of amides is 8. The number of likely N-dealkylation sites (N-methyl/N-ethyl adjacent to an activating group) is 1. The van der Waals surface area contributed by atoms with Gasteiger partial charge in [0.25, 0.3) is 11.8 Å². The minimum Gasteiger partial charge on any atom is -0.444 e. The van der Waals surface area contributed by atoms with Crippen molar-refractivity contribution in [3.8, 4) is 0 Å². The average molecular weight is 935 g/mol. The molecule has 1 aromatic heterocycles.